The van der Waals surface area contributed by atoms with Crippen LogP contribution in [0.25, 0.3) is 11.3 Å². The van der Waals surface area contributed by atoms with Gasteiger partial charge in [0.1, 0.15) is 17.6 Å². The van der Waals surface area contributed by atoms with Gasteiger partial charge in [0.05, 0.1) is 12.8 Å². The van der Waals surface area contributed by atoms with Crippen LogP contribution in [0.15, 0.2) is 53.9 Å². The highest BCUT2D eigenvalue weighted by Gasteiger charge is 2.32. The largest absolute Gasteiger partial charge is 0.497 e. The van der Waals surface area contributed by atoms with E-state index >= 15 is 0 Å². The number of methoxy groups -OCH3 is 1. The van der Waals surface area contributed by atoms with Gasteiger partial charge in [0.25, 0.3) is 0 Å². The van der Waals surface area contributed by atoms with Crippen molar-refractivity contribution in [2.45, 2.75) is 32.2 Å². The van der Waals surface area contributed by atoms with Crippen molar-refractivity contribution in [3.63, 3.8) is 0 Å². The van der Waals surface area contributed by atoms with Crippen LogP contribution in [0, 0.1) is 5.82 Å². The predicted octanol–water partition coefficient (Wildman–Crippen LogP) is 5.50. The van der Waals surface area contributed by atoms with Gasteiger partial charge in [-0.1, -0.05) is 6.92 Å². The highest BCUT2D eigenvalue weighted by Crippen LogP contribution is 2.36. The third-order valence-corrected chi connectivity index (χ3v) is 6.43. The maximum atomic E-state index is 13.4. The van der Waals surface area contributed by atoms with Gasteiger partial charge in [0.15, 0.2) is 5.13 Å². The molecule has 1 saturated heterocycles. The molecule has 1 amide bonds. The molecule has 31 heavy (non-hydrogen) atoms. The first kappa shape index (κ1) is 21.3. The van der Waals surface area contributed by atoms with E-state index in [-0.39, 0.29) is 17.8 Å². The summed E-state index contributed by atoms with van der Waals surface area (Å²) in [5.74, 6) is 0.615. The molecule has 1 atom stereocenters. The second kappa shape index (κ2) is 9.47. The van der Waals surface area contributed by atoms with Gasteiger partial charge in [-0.3, -0.25) is 4.79 Å². The van der Waals surface area contributed by atoms with Gasteiger partial charge < -0.3 is 14.5 Å². The summed E-state index contributed by atoms with van der Waals surface area (Å²) in [5, 5.41) is 2.69. The minimum Gasteiger partial charge on any atom is -0.497 e. The lowest BCUT2D eigenvalue weighted by molar-refractivity contribution is -0.131. The van der Waals surface area contributed by atoms with Gasteiger partial charge >= 0.3 is 0 Å². The Balaban J connectivity index is 1.72. The van der Waals surface area contributed by atoms with Crippen molar-refractivity contribution in [1.29, 1.82) is 0 Å². The second-order valence-electron chi connectivity index (χ2n) is 7.55. The Morgan fingerprint density at radius 3 is 2.45 bits per heavy atom. The number of ether oxygens (including phenoxy) is 1. The lowest BCUT2D eigenvalue weighted by Crippen LogP contribution is -2.45. The highest BCUT2D eigenvalue weighted by molar-refractivity contribution is 7.14. The molecule has 5 nitrogen and oxygen atoms in total. The first-order valence-corrected chi connectivity index (χ1v) is 11.4. The molecule has 0 radical (unpaired) electrons. The van der Waals surface area contributed by atoms with Crippen molar-refractivity contribution >= 4 is 28.1 Å². The van der Waals surface area contributed by atoms with E-state index in [1.165, 1.54) is 23.5 Å². The smallest absolute Gasteiger partial charge is 0.245 e. The second-order valence-corrected chi connectivity index (χ2v) is 8.38. The van der Waals surface area contributed by atoms with Crippen molar-refractivity contribution in [3.05, 3.63) is 59.7 Å². The van der Waals surface area contributed by atoms with Crippen LogP contribution in [0.4, 0.5) is 15.2 Å². The van der Waals surface area contributed by atoms with Gasteiger partial charge in [-0.15, -0.1) is 11.3 Å². The van der Waals surface area contributed by atoms with Gasteiger partial charge in [0, 0.05) is 29.7 Å². The maximum Gasteiger partial charge on any atom is 0.245 e. The van der Waals surface area contributed by atoms with Gasteiger partial charge in [-0.05, 0) is 67.8 Å². The molecular weight excluding hydrogens is 413 g/mol. The average Bonchev–Trinajstić information content (AvgIpc) is 3.50. The number of likely N-dealkylation sites (tertiary alicyclic amines) is 1. The highest BCUT2D eigenvalue weighted by atomic mass is 32.1. The fourth-order valence-corrected chi connectivity index (χ4v) is 4.81. The number of nitrogens with zero attached hydrogens (tertiary/aromatic N) is 3. The molecule has 1 aliphatic heterocycles. The first-order valence-electron chi connectivity index (χ1n) is 10.5. The van der Waals surface area contributed by atoms with E-state index in [4.69, 9.17) is 9.72 Å². The van der Waals surface area contributed by atoms with E-state index in [0.29, 0.717) is 6.42 Å². The first-order chi connectivity index (χ1) is 15.1. The quantitative estimate of drug-likeness (QED) is 0.488. The summed E-state index contributed by atoms with van der Waals surface area (Å²) in [7, 11) is 1.63. The zero-order valence-corrected chi connectivity index (χ0v) is 18.6. The van der Waals surface area contributed by atoms with Crippen LogP contribution in [0.3, 0.4) is 0 Å². The summed E-state index contributed by atoms with van der Waals surface area (Å²) >= 11 is 1.48. The minimum absolute atomic E-state index is 0.134. The Labute approximate surface area is 186 Å². The summed E-state index contributed by atoms with van der Waals surface area (Å²) in [6, 6.07) is 13.7. The van der Waals surface area contributed by atoms with Crippen LogP contribution in [0.1, 0.15) is 26.2 Å². The standard InChI is InChI=1S/C24H26FN3O2S/c1-3-22(23(29)27-14-4-5-15-27)28(19-10-12-20(30-2)13-11-19)24-26-21(16-31-24)17-6-8-18(25)9-7-17/h6-13,16,22H,3-5,14-15H2,1-2H3. The predicted molar refractivity (Wildman–Crippen MR) is 123 cm³/mol. The molecule has 3 aromatic rings. The summed E-state index contributed by atoms with van der Waals surface area (Å²) in [4.78, 5) is 22.2. The topological polar surface area (TPSA) is 45.7 Å². The lowest BCUT2D eigenvalue weighted by Gasteiger charge is -2.32. The Hall–Kier alpha value is -2.93. The molecule has 4 rings (SSSR count). The third kappa shape index (κ3) is 4.56. The number of aromatic nitrogens is 1. The van der Waals surface area contributed by atoms with Crippen LogP contribution in [-0.4, -0.2) is 42.0 Å². The normalized spacial score (nSPS) is 14.5. The molecule has 0 bridgehead atoms. The van der Waals surface area contributed by atoms with Crippen LogP contribution in [0.2, 0.25) is 0 Å². The molecule has 1 aromatic heterocycles. The van der Waals surface area contributed by atoms with Gasteiger partial charge in [-0.2, -0.15) is 0 Å². The van der Waals surface area contributed by atoms with Crippen molar-refractivity contribution in [2.24, 2.45) is 0 Å². The fraction of sp³-hybridized carbons (Fsp3) is 0.333. The number of hydrogen-bond donors (Lipinski definition) is 0. The lowest BCUT2D eigenvalue weighted by atomic mass is 10.1. The van der Waals surface area contributed by atoms with E-state index in [0.717, 1.165) is 53.8 Å². The summed E-state index contributed by atoms with van der Waals surface area (Å²) < 4.78 is 18.6. The van der Waals surface area contributed by atoms with E-state index in [1.807, 2.05) is 46.4 Å². The number of carbonyl (C=O) groups excluding carboxylic acids is 1. The van der Waals surface area contributed by atoms with E-state index < -0.39 is 0 Å². The number of halogens is 1. The van der Waals surface area contributed by atoms with Crippen LogP contribution >= 0.6 is 11.3 Å². The molecule has 0 N–H and O–H groups in total. The summed E-state index contributed by atoms with van der Waals surface area (Å²) in [6.45, 7) is 3.65. The molecule has 1 fully saturated rings. The molecule has 1 unspecified atom stereocenters. The summed E-state index contributed by atoms with van der Waals surface area (Å²) in [6.07, 6.45) is 2.76. The van der Waals surface area contributed by atoms with Crippen LogP contribution < -0.4 is 9.64 Å². The number of amides is 1. The molecule has 162 valence electrons. The zero-order chi connectivity index (χ0) is 21.8. The number of hydrogen-bond acceptors (Lipinski definition) is 5. The van der Waals surface area contributed by atoms with Crippen molar-refractivity contribution in [1.82, 2.24) is 9.88 Å². The molecule has 7 heteroatoms. The number of carbonyl (C=O) groups is 1. The number of benzene rings is 2. The molecule has 1 aliphatic rings. The fourth-order valence-electron chi connectivity index (χ4n) is 3.91. The summed E-state index contributed by atoms with van der Waals surface area (Å²) in [5.41, 5.74) is 2.50. The number of rotatable bonds is 7. The van der Waals surface area contributed by atoms with E-state index in [2.05, 4.69) is 0 Å². The monoisotopic (exact) mass is 439 g/mol. The number of thiazole rings is 1. The molecule has 2 heterocycles. The molecule has 2 aromatic carbocycles. The Morgan fingerprint density at radius 2 is 1.84 bits per heavy atom. The molecule has 0 saturated carbocycles. The van der Waals surface area contributed by atoms with Gasteiger partial charge in [0.2, 0.25) is 5.91 Å². The van der Waals surface area contributed by atoms with Crippen molar-refractivity contribution < 1.29 is 13.9 Å². The Kier molecular flexibility index (Phi) is 6.51. The molecule has 0 spiro atoms. The van der Waals surface area contributed by atoms with Crippen LogP contribution in [-0.2, 0) is 4.79 Å². The zero-order valence-electron chi connectivity index (χ0n) is 17.8. The third-order valence-electron chi connectivity index (χ3n) is 5.59. The molecular formula is C24H26FN3O2S. The van der Waals surface area contributed by atoms with E-state index in [9.17, 15) is 9.18 Å². The van der Waals surface area contributed by atoms with E-state index in [1.54, 1.807) is 19.2 Å². The maximum absolute atomic E-state index is 13.4. The van der Waals surface area contributed by atoms with Crippen LogP contribution in [0.5, 0.6) is 5.75 Å². The number of anilines is 2. The SMILES string of the molecule is CCC(C(=O)N1CCCC1)N(c1ccc(OC)cc1)c1nc(-c2ccc(F)cc2)cs1. The molecule has 0 aliphatic carbocycles. The minimum atomic E-state index is -0.348. The average molecular weight is 440 g/mol. The van der Waals surface area contributed by atoms with Gasteiger partial charge in [-0.25, -0.2) is 9.37 Å². The Bertz CT molecular complexity index is 1010. The Morgan fingerprint density at radius 1 is 1.16 bits per heavy atom. The van der Waals surface area contributed by atoms with Crippen molar-refractivity contribution in [2.75, 3.05) is 25.1 Å². The van der Waals surface area contributed by atoms with Crippen molar-refractivity contribution in [3.8, 4) is 17.0 Å².